The third kappa shape index (κ3) is 1.10. The van der Waals surface area contributed by atoms with E-state index in [4.69, 9.17) is 0 Å². The molecule has 0 amide bonds. The van der Waals surface area contributed by atoms with Gasteiger partial charge in [0.25, 0.3) is 0 Å². The molecule has 0 aliphatic carbocycles. The first-order valence-corrected chi connectivity index (χ1v) is 3.16. The average molecular weight is 117 g/mol. The number of hydrogen-bond donors (Lipinski definition) is 1. The van der Waals surface area contributed by atoms with Crippen molar-refractivity contribution in [3.8, 4) is 0 Å². The van der Waals surface area contributed by atoms with E-state index in [9.17, 15) is 0 Å². The van der Waals surface area contributed by atoms with E-state index in [1.807, 2.05) is 0 Å². The van der Waals surface area contributed by atoms with Crippen molar-refractivity contribution in [3.63, 3.8) is 0 Å². The second-order valence-corrected chi connectivity index (χ2v) is 2.67. The van der Waals surface area contributed by atoms with Crippen molar-refractivity contribution in [1.29, 1.82) is 0 Å². The second-order valence-electron chi connectivity index (χ2n) is 2.15. The highest BCUT2D eigenvalue weighted by Crippen LogP contribution is 2.16. The lowest BCUT2D eigenvalue weighted by molar-refractivity contribution is 0.473. The fraction of sp³-hybridized carbons (Fsp3) is 1.00. The molecular formula is C5H11NS. The molecule has 7 heavy (non-hydrogen) atoms. The van der Waals surface area contributed by atoms with Crippen LogP contribution in [-0.2, 0) is 0 Å². The molecule has 0 saturated carbocycles. The molecule has 0 radical (unpaired) electrons. The Labute approximate surface area is 50.2 Å². The van der Waals surface area contributed by atoms with E-state index in [-0.39, 0.29) is 0 Å². The minimum atomic E-state index is 0.711. The molecule has 42 valence electrons. The first-order chi connectivity index (χ1) is 3.30. The Bertz CT molecular complexity index is 57.1. The Morgan fingerprint density at radius 3 is 2.57 bits per heavy atom. The highest BCUT2D eigenvalue weighted by atomic mass is 32.1. The largest absolute Gasteiger partial charge is 0.250 e. The van der Waals surface area contributed by atoms with Gasteiger partial charge >= 0.3 is 0 Å². The molecule has 0 aromatic rings. The van der Waals surface area contributed by atoms with Gasteiger partial charge in [-0.3, -0.25) is 4.31 Å². The standard InChI is InChI=1S/C5H11NS/c1-5-3-2-4-6(5)7/h5,7H,2-4H2,1H3. The van der Waals surface area contributed by atoms with Crippen LogP contribution in [0.3, 0.4) is 0 Å². The maximum atomic E-state index is 4.22. The number of nitrogens with zero attached hydrogens (tertiary/aromatic N) is 1. The van der Waals surface area contributed by atoms with E-state index in [0.29, 0.717) is 6.04 Å². The second kappa shape index (κ2) is 2.05. The zero-order valence-electron chi connectivity index (χ0n) is 4.59. The molecule has 0 aromatic heterocycles. The summed E-state index contributed by atoms with van der Waals surface area (Å²) in [6, 6.07) is 0.711. The molecule has 1 atom stereocenters. The maximum Gasteiger partial charge on any atom is 0.0172 e. The van der Waals surface area contributed by atoms with Crippen molar-refractivity contribution in [2.75, 3.05) is 6.54 Å². The van der Waals surface area contributed by atoms with Gasteiger partial charge in [-0.25, -0.2) is 0 Å². The minimum absolute atomic E-state index is 0.711. The summed E-state index contributed by atoms with van der Waals surface area (Å²) in [6.45, 7) is 3.38. The van der Waals surface area contributed by atoms with Crippen molar-refractivity contribution in [3.05, 3.63) is 0 Å². The lowest BCUT2D eigenvalue weighted by Gasteiger charge is -2.10. The van der Waals surface area contributed by atoms with E-state index in [1.165, 1.54) is 19.4 Å². The quantitative estimate of drug-likeness (QED) is 0.468. The van der Waals surface area contributed by atoms with Crippen LogP contribution in [0.1, 0.15) is 19.8 Å². The number of thiol groups is 1. The summed E-state index contributed by atoms with van der Waals surface area (Å²) >= 11 is 4.22. The normalized spacial score (nSPS) is 34.3. The molecule has 1 unspecified atom stereocenters. The Morgan fingerprint density at radius 1 is 1.71 bits per heavy atom. The van der Waals surface area contributed by atoms with E-state index in [1.54, 1.807) is 0 Å². The molecule has 0 bridgehead atoms. The van der Waals surface area contributed by atoms with Gasteiger partial charge in [-0.1, -0.05) is 12.8 Å². The maximum absolute atomic E-state index is 4.22. The average Bonchev–Trinajstić information content (AvgIpc) is 1.91. The molecule has 1 aliphatic heterocycles. The van der Waals surface area contributed by atoms with Crippen LogP contribution in [0, 0.1) is 0 Å². The predicted molar refractivity (Wildman–Crippen MR) is 34.4 cm³/mol. The summed E-state index contributed by atoms with van der Waals surface area (Å²) in [7, 11) is 0. The van der Waals surface area contributed by atoms with Gasteiger partial charge in [0.2, 0.25) is 0 Å². The van der Waals surface area contributed by atoms with Crippen molar-refractivity contribution in [2.45, 2.75) is 25.8 Å². The zero-order valence-corrected chi connectivity index (χ0v) is 5.49. The van der Waals surface area contributed by atoms with Gasteiger partial charge in [-0.15, -0.1) is 0 Å². The number of hydrogen-bond acceptors (Lipinski definition) is 2. The minimum Gasteiger partial charge on any atom is -0.250 e. The molecule has 0 aromatic carbocycles. The van der Waals surface area contributed by atoms with Crippen molar-refractivity contribution < 1.29 is 0 Å². The Hall–Kier alpha value is 0.310. The summed E-state index contributed by atoms with van der Waals surface area (Å²) in [5.41, 5.74) is 0. The third-order valence-corrected chi connectivity index (χ3v) is 2.11. The van der Waals surface area contributed by atoms with Crippen LogP contribution in [-0.4, -0.2) is 16.9 Å². The van der Waals surface area contributed by atoms with Gasteiger partial charge in [0.05, 0.1) is 0 Å². The fourth-order valence-corrected chi connectivity index (χ4v) is 1.17. The molecule has 1 rings (SSSR count). The van der Waals surface area contributed by atoms with Gasteiger partial charge < -0.3 is 0 Å². The van der Waals surface area contributed by atoms with Crippen LogP contribution in [0.4, 0.5) is 0 Å². The van der Waals surface area contributed by atoms with Gasteiger partial charge in [0.1, 0.15) is 0 Å². The summed E-state index contributed by atoms with van der Waals surface area (Å²) in [5, 5.41) is 0. The zero-order chi connectivity index (χ0) is 5.28. The molecule has 1 saturated heterocycles. The molecule has 1 fully saturated rings. The topological polar surface area (TPSA) is 3.24 Å². The highest BCUT2D eigenvalue weighted by molar-refractivity contribution is 7.77. The van der Waals surface area contributed by atoms with Crippen LogP contribution in [0.5, 0.6) is 0 Å². The predicted octanol–water partition coefficient (Wildman–Crippen LogP) is 1.32. The third-order valence-electron chi connectivity index (χ3n) is 1.52. The summed E-state index contributed by atoms with van der Waals surface area (Å²) in [5.74, 6) is 0. The summed E-state index contributed by atoms with van der Waals surface area (Å²) < 4.78 is 2.10. The van der Waals surface area contributed by atoms with Crippen molar-refractivity contribution in [1.82, 2.24) is 4.31 Å². The van der Waals surface area contributed by atoms with E-state index < -0.39 is 0 Å². The highest BCUT2D eigenvalue weighted by Gasteiger charge is 2.15. The van der Waals surface area contributed by atoms with Gasteiger partial charge in [-0.2, -0.15) is 0 Å². The SMILES string of the molecule is CC1CCCN1S. The van der Waals surface area contributed by atoms with Crippen LogP contribution in [0.2, 0.25) is 0 Å². The van der Waals surface area contributed by atoms with Gasteiger partial charge in [0, 0.05) is 12.6 Å². The molecule has 1 aliphatic rings. The molecule has 2 heteroatoms. The lowest BCUT2D eigenvalue weighted by atomic mass is 10.3. The first-order valence-electron chi connectivity index (χ1n) is 2.76. The van der Waals surface area contributed by atoms with Crippen LogP contribution >= 0.6 is 12.8 Å². The molecule has 1 heterocycles. The number of rotatable bonds is 0. The molecular weight excluding hydrogens is 106 g/mol. The molecule has 0 spiro atoms. The van der Waals surface area contributed by atoms with Crippen LogP contribution in [0.25, 0.3) is 0 Å². The van der Waals surface area contributed by atoms with E-state index >= 15 is 0 Å². The van der Waals surface area contributed by atoms with Crippen molar-refractivity contribution in [2.24, 2.45) is 0 Å². The summed E-state index contributed by atoms with van der Waals surface area (Å²) in [6.07, 6.45) is 2.65. The van der Waals surface area contributed by atoms with Gasteiger partial charge in [0.15, 0.2) is 0 Å². The molecule has 1 nitrogen and oxygen atoms in total. The van der Waals surface area contributed by atoms with E-state index in [2.05, 4.69) is 24.0 Å². The Morgan fingerprint density at radius 2 is 2.43 bits per heavy atom. The van der Waals surface area contributed by atoms with E-state index in [0.717, 1.165) is 0 Å². The lowest BCUT2D eigenvalue weighted by Crippen LogP contribution is -2.14. The summed E-state index contributed by atoms with van der Waals surface area (Å²) in [4.78, 5) is 0. The Kier molecular flexibility index (Phi) is 1.60. The van der Waals surface area contributed by atoms with Crippen molar-refractivity contribution >= 4 is 12.8 Å². The van der Waals surface area contributed by atoms with Gasteiger partial charge in [-0.05, 0) is 19.8 Å². The molecule has 0 N–H and O–H groups in total. The Balaban J connectivity index is 2.33. The monoisotopic (exact) mass is 117 g/mol. The smallest absolute Gasteiger partial charge is 0.0172 e. The van der Waals surface area contributed by atoms with Crippen LogP contribution in [0.15, 0.2) is 0 Å². The fourth-order valence-electron chi connectivity index (χ4n) is 0.918. The van der Waals surface area contributed by atoms with Crippen LogP contribution < -0.4 is 0 Å². The first kappa shape index (κ1) is 5.45.